The second kappa shape index (κ2) is 8.75. The standard InChI is InChI=1S/C31H22N4O2S/c36-35(37)25-18-16-21(17-19-25)27-31(23-12-6-2-7-13-23,24-14-8-3-9-15-24)30-33-28-26(20-34(27)30)38-29(32-28)22-10-4-1-5-11-22/h1-19,27H,20H2. The zero-order chi connectivity index (χ0) is 25.7. The molecular formula is C31H22N4O2S. The van der Waals surface area contributed by atoms with Crippen molar-refractivity contribution in [3.8, 4) is 10.6 Å². The lowest BCUT2D eigenvalue weighted by molar-refractivity contribution is -0.384. The van der Waals surface area contributed by atoms with E-state index in [1.54, 1.807) is 23.5 Å². The molecular weight excluding hydrogens is 492 g/mol. The molecule has 1 unspecified atom stereocenters. The monoisotopic (exact) mass is 514 g/mol. The Morgan fingerprint density at radius 2 is 1.39 bits per heavy atom. The van der Waals surface area contributed by atoms with Crippen LogP contribution in [-0.4, -0.2) is 20.6 Å². The highest BCUT2D eigenvalue weighted by Crippen LogP contribution is 2.59. The zero-order valence-electron chi connectivity index (χ0n) is 20.3. The van der Waals surface area contributed by atoms with Crippen LogP contribution in [0.3, 0.4) is 0 Å². The Hall–Kier alpha value is -4.62. The van der Waals surface area contributed by atoms with Gasteiger partial charge < -0.3 is 4.90 Å². The third-order valence-electron chi connectivity index (χ3n) is 7.45. The van der Waals surface area contributed by atoms with Gasteiger partial charge in [-0.3, -0.25) is 10.1 Å². The third kappa shape index (κ3) is 3.32. The highest BCUT2D eigenvalue weighted by atomic mass is 32.1. The number of nitro benzene ring substituents is 1. The summed E-state index contributed by atoms with van der Waals surface area (Å²) in [4.78, 5) is 24.7. The molecule has 3 heterocycles. The molecule has 0 amide bonds. The molecule has 5 aromatic rings. The number of non-ortho nitro benzene ring substituents is 1. The molecule has 0 bridgehead atoms. The van der Waals surface area contributed by atoms with Crippen molar-refractivity contribution in [3.63, 3.8) is 0 Å². The minimum Gasteiger partial charge on any atom is -0.345 e. The maximum Gasteiger partial charge on any atom is 0.269 e. The van der Waals surface area contributed by atoms with Gasteiger partial charge in [-0.25, -0.2) is 9.98 Å². The molecule has 7 heteroatoms. The average molecular weight is 515 g/mol. The Labute approximate surface area is 223 Å². The summed E-state index contributed by atoms with van der Waals surface area (Å²) in [5.41, 5.74) is 3.88. The quantitative estimate of drug-likeness (QED) is 0.182. The molecule has 1 saturated heterocycles. The number of aromatic nitrogens is 1. The van der Waals surface area contributed by atoms with E-state index in [4.69, 9.17) is 9.98 Å². The maximum atomic E-state index is 11.4. The van der Waals surface area contributed by atoms with Crippen molar-refractivity contribution in [1.82, 2.24) is 9.88 Å². The third-order valence-corrected chi connectivity index (χ3v) is 8.53. The van der Waals surface area contributed by atoms with Crippen LogP contribution in [0.1, 0.15) is 27.6 Å². The van der Waals surface area contributed by atoms with E-state index in [9.17, 15) is 10.1 Å². The van der Waals surface area contributed by atoms with E-state index in [1.807, 2.05) is 42.5 Å². The summed E-state index contributed by atoms with van der Waals surface area (Å²) in [7, 11) is 0. The van der Waals surface area contributed by atoms with Gasteiger partial charge in [0.15, 0.2) is 5.82 Å². The van der Waals surface area contributed by atoms with Crippen molar-refractivity contribution in [2.45, 2.75) is 18.0 Å². The molecule has 2 aliphatic heterocycles. The zero-order valence-corrected chi connectivity index (χ0v) is 21.1. The number of aliphatic imine (C=N–C) groups is 1. The molecule has 0 radical (unpaired) electrons. The molecule has 7 rings (SSSR count). The van der Waals surface area contributed by atoms with Gasteiger partial charge in [-0.05, 0) is 16.7 Å². The average Bonchev–Trinajstić information content (AvgIpc) is 3.39. The van der Waals surface area contributed by atoms with Gasteiger partial charge in [-0.15, -0.1) is 11.3 Å². The summed E-state index contributed by atoms with van der Waals surface area (Å²) in [5, 5.41) is 12.3. The SMILES string of the molecule is O=[N+]([O-])c1ccc(C2N3Cc4sc(-c5ccccc5)nc4N=C3C2(c2ccccc2)c2ccccc2)cc1. The Morgan fingerprint density at radius 3 is 1.97 bits per heavy atom. The van der Waals surface area contributed by atoms with Crippen LogP contribution in [0, 0.1) is 10.1 Å². The van der Waals surface area contributed by atoms with Gasteiger partial charge in [-0.2, -0.15) is 0 Å². The van der Waals surface area contributed by atoms with Gasteiger partial charge in [0.1, 0.15) is 16.3 Å². The van der Waals surface area contributed by atoms with Crippen LogP contribution in [0.5, 0.6) is 0 Å². The van der Waals surface area contributed by atoms with Crippen molar-refractivity contribution in [2.75, 3.05) is 0 Å². The molecule has 4 aromatic carbocycles. The van der Waals surface area contributed by atoms with E-state index in [2.05, 4.69) is 65.6 Å². The lowest BCUT2D eigenvalue weighted by Crippen LogP contribution is -2.66. The predicted octanol–water partition coefficient (Wildman–Crippen LogP) is 7.31. The number of thiazole rings is 1. The first-order chi connectivity index (χ1) is 18.7. The first-order valence-corrected chi connectivity index (χ1v) is 13.2. The number of benzene rings is 4. The summed E-state index contributed by atoms with van der Waals surface area (Å²) in [5.74, 6) is 1.73. The maximum absolute atomic E-state index is 11.4. The van der Waals surface area contributed by atoms with Crippen molar-refractivity contribution < 1.29 is 4.92 Å². The fourth-order valence-electron chi connectivity index (χ4n) is 5.80. The molecule has 2 aliphatic rings. The summed E-state index contributed by atoms with van der Waals surface area (Å²) < 4.78 is 0. The van der Waals surface area contributed by atoms with Crippen LogP contribution >= 0.6 is 11.3 Å². The first-order valence-electron chi connectivity index (χ1n) is 12.4. The molecule has 6 nitrogen and oxygen atoms in total. The summed E-state index contributed by atoms with van der Waals surface area (Å²) in [6.45, 7) is 0.682. The molecule has 38 heavy (non-hydrogen) atoms. The van der Waals surface area contributed by atoms with Crippen LogP contribution in [0.25, 0.3) is 10.6 Å². The number of nitrogens with zero attached hydrogens (tertiary/aromatic N) is 4. The molecule has 0 spiro atoms. The number of fused-ring (bicyclic) bond motifs is 2. The highest BCUT2D eigenvalue weighted by molar-refractivity contribution is 7.15. The Bertz CT molecular complexity index is 1630. The van der Waals surface area contributed by atoms with Crippen LogP contribution in [0.2, 0.25) is 0 Å². The molecule has 184 valence electrons. The largest absolute Gasteiger partial charge is 0.345 e. The smallest absolute Gasteiger partial charge is 0.269 e. The van der Waals surface area contributed by atoms with Gasteiger partial charge in [0, 0.05) is 17.7 Å². The van der Waals surface area contributed by atoms with Gasteiger partial charge in [0.05, 0.1) is 22.4 Å². The minimum atomic E-state index is -0.563. The van der Waals surface area contributed by atoms with Crippen molar-refractivity contribution in [2.24, 2.45) is 4.99 Å². The Balaban J connectivity index is 1.45. The predicted molar refractivity (Wildman–Crippen MR) is 150 cm³/mol. The van der Waals surface area contributed by atoms with E-state index >= 15 is 0 Å². The Kier molecular flexibility index (Phi) is 5.19. The first kappa shape index (κ1) is 22.6. The number of hydrogen-bond donors (Lipinski definition) is 0. The number of hydrogen-bond acceptors (Lipinski definition) is 6. The molecule has 0 aliphatic carbocycles. The highest BCUT2D eigenvalue weighted by Gasteiger charge is 2.62. The lowest BCUT2D eigenvalue weighted by atomic mass is 9.59. The Morgan fingerprint density at radius 1 is 0.816 bits per heavy atom. The molecule has 0 N–H and O–H groups in total. The van der Waals surface area contributed by atoms with E-state index in [0.29, 0.717) is 6.54 Å². The van der Waals surface area contributed by atoms with E-state index in [1.165, 1.54) is 0 Å². The summed E-state index contributed by atoms with van der Waals surface area (Å²) in [6, 6.07) is 37.9. The van der Waals surface area contributed by atoms with Crippen LogP contribution in [0.15, 0.2) is 120 Å². The van der Waals surface area contributed by atoms with Gasteiger partial charge in [-0.1, -0.05) is 103 Å². The fourth-order valence-corrected chi connectivity index (χ4v) is 6.81. The van der Waals surface area contributed by atoms with Crippen LogP contribution in [0.4, 0.5) is 11.5 Å². The lowest BCUT2D eigenvalue weighted by Gasteiger charge is -2.60. The molecule has 1 aromatic heterocycles. The fraction of sp³-hybridized carbons (Fsp3) is 0.0968. The number of nitro groups is 1. The summed E-state index contributed by atoms with van der Waals surface area (Å²) in [6.07, 6.45) is 0. The topological polar surface area (TPSA) is 71.6 Å². The van der Waals surface area contributed by atoms with Crippen molar-refractivity contribution >= 4 is 28.7 Å². The van der Waals surface area contributed by atoms with E-state index in [0.717, 1.165) is 43.8 Å². The van der Waals surface area contributed by atoms with Gasteiger partial charge >= 0.3 is 0 Å². The number of rotatable bonds is 5. The van der Waals surface area contributed by atoms with Crippen molar-refractivity contribution in [1.29, 1.82) is 0 Å². The number of amidine groups is 1. The van der Waals surface area contributed by atoms with Gasteiger partial charge in [0.25, 0.3) is 5.69 Å². The molecule has 1 atom stereocenters. The normalized spacial score (nSPS) is 17.1. The van der Waals surface area contributed by atoms with Gasteiger partial charge in [0.2, 0.25) is 0 Å². The van der Waals surface area contributed by atoms with Crippen LogP contribution < -0.4 is 0 Å². The second-order valence-corrected chi connectivity index (χ2v) is 10.6. The summed E-state index contributed by atoms with van der Waals surface area (Å²) >= 11 is 1.67. The van der Waals surface area contributed by atoms with E-state index < -0.39 is 5.41 Å². The molecule has 1 fully saturated rings. The van der Waals surface area contributed by atoms with Crippen LogP contribution in [-0.2, 0) is 12.0 Å². The minimum absolute atomic E-state index is 0.0860. The second-order valence-electron chi connectivity index (χ2n) is 9.49. The molecule has 0 saturated carbocycles. The van der Waals surface area contributed by atoms with Crippen molar-refractivity contribution in [3.05, 3.63) is 147 Å². The van der Waals surface area contributed by atoms with E-state index in [-0.39, 0.29) is 16.7 Å².